The number of hydrogen-bond donors (Lipinski definition) is 1. The molecule has 0 saturated carbocycles. The molecule has 0 spiro atoms. The highest BCUT2D eigenvalue weighted by molar-refractivity contribution is 5.89. The van der Waals surface area contributed by atoms with E-state index in [1.807, 2.05) is 0 Å². The van der Waals surface area contributed by atoms with Crippen LogP contribution in [0.4, 0.5) is 4.79 Å². The predicted octanol–water partition coefficient (Wildman–Crippen LogP) is 1.97. The molecule has 1 N–H and O–H groups in total. The number of carbonyl (C=O) groups is 2. The summed E-state index contributed by atoms with van der Waals surface area (Å²) in [5.74, 6) is -0.215. The van der Waals surface area contributed by atoms with Crippen molar-refractivity contribution < 1.29 is 19.4 Å². The SMILES string of the molecule is CC(C)C(=O)[C@@H]1C[C@](C)(O)CN1C(=O)OC(C)(C)C. The van der Waals surface area contributed by atoms with Crippen molar-refractivity contribution >= 4 is 11.9 Å². The smallest absolute Gasteiger partial charge is 0.411 e. The first kappa shape index (κ1) is 16.0. The van der Waals surface area contributed by atoms with E-state index < -0.39 is 23.3 Å². The molecule has 0 aromatic rings. The van der Waals surface area contributed by atoms with Crippen LogP contribution in [0.25, 0.3) is 0 Å². The van der Waals surface area contributed by atoms with E-state index in [1.165, 1.54) is 4.90 Å². The molecule has 1 heterocycles. The Morgan fingerprint density at radius 2 is 1.89 bits per heavy atom. The fraction of sp³-hybridized carbons (Fsp3) is 0.857. The minimum Gasteiger partial charge on any atom is -0.444 e. The lowest BCUT2D eigenvalue weighted by molar-refractivity contribution is -0.126. The summed E-state index contributed by atoms with van der Waals surface area (Å²) in [7, 11) is 0. The first-order valence-electron chi connectivity index (χ1n) is 6.69. The molecule has 110 valence electrons. The highest BCUT2D eigenvalue weighted by atomic mass is 16.6. The lowest BCUT2D eigenvalue weighted by atomic mass is 9.95. The third-order valence-electron chi connectivity index (χ3n) is 3.05. The van der Waals surface area contributed by atoms with Crippen molar-refractivity contribution in [3.05, 3.63) is 0 Å². The van der Waals surface area contributed by atoms with Crippen LogP contribution in [0.1, 0.15) is 48.0 Å². The number of β-amino-alcohol motifs (C(OH)–C–C–N with tert-alkyl or cyclic N) is 1. The first-order valence-corrected chi connectivity index (χ1v) is 6.69. The van der Waals surface area contributed by atoms with Crippen LogP contribution in [0.2, 0.25) is 0 Å². The van der Waals surface area contributed by atoms with E-state index in [4.69, 9.17) is 4.74 Å². The fourth-order valence-corrected chi connectivity index (χ4v) is 2.22. The minimum atomic E-state index is -1.04. The molecule has 0 bridgehead atoms. The van der Waals surface area contributed by atoms with Crippen LogP contribution >= 0.6 is 0 Å². The van der Waals surface area contributed by atoms with Gasteiger partial charge in [-0.25, -0.2) is 4.79 Å². The van der Waals surface area contributed by atoms with Gasteiger partial charge in [0.1, 0.15) is 5.60 Å². The van der Waals surface area contributed by atoms with Crippen LogP contribution in [0.3, 0.4) is 0 Å². The van der Waals surface area contributed by atoms with Crippen LogP contribution < -0.4 is 0 Å². The molecule has 1 amide bonds. The average molecular weight is 271 g/mol. The van der Waals surface area contributed by atoms with Crippen LogP contribution in [0.15, 0.2) is 0 Å². The van der Waals surface area contributed by atoms with E-state index in [9.17, 15) is 14.7 Å². The molecular weight excluding hydrogens is 246 g/mol. The largest absolute Gasteiger partial charge is 0.444 e. The van der Waals surface area contributed by atoms with Crippen LogP contribution in [0, 0.1) is 5.92 Å². The molecule has 1 aliphatic heterocycles. The van der Waals surface area contributed by atoms with Crippen LogP contribution in [0.5, 0.6) is 0 Å². The van der Waals surface area contributed by atoms with Gasteiger partial charge < -0.3 is 9.84 Å². The minimum absolute atomic E-state index is 0.0383. The van der Waals surface area contributed by atoms with Crippen molar-refractivity contribution in [2.75, 3.05) is 6.54 Å². The number of carbonyl (C=O) groups excluding carboxylic acids is 2. The zero-order chi connectivity index (χ0) is 15.0. The molecule has 0 aromatic heterocycles. The number of aliphatic hydroxyl groups is 1. The molecule has 1 rings (SSSR count). The average Bonchev–Trinajstić information content (AvgIpc) is 2.50. The van der Waals surface area contributed by atoms with E-state index in [1.54, 1.807) is 41.5 Å². The van der Waals surface area contributed by atoms with Gasteiger partial charge in [0.25, 0.3) is 0 Å². The summed E-state index contributed by atoms with van der Waals surface area (Å²) < 4.78 is 5.30. The van der Waals surface area contributed by atoms with Gasteiger partial charge in [-0.2, -0.15) is 0 Å². The third-order valence-corrected chi connectivity index (χ3v) is 3.05. The summed E-state index contributed by atoms with van der Waals surface area (Å²) in [6.07, 6.45) is -0.271. The van der Waals surface area contributed by atoms with Crippen molar-refractivity contribution in [2.45, 2.75) is 65.2 Å². The highest BCUT2D eigenvalue weighted by Gasteiger charge is 2.46. The molecule has 19 heavy (non-hydrogen) atoms. The van der Waals surface area contributed by atoms with Gasteiger partial charge in [0.05, 0.1) is 18.2 Å². The lowest BCUT2D eigenvalue weighted by Gasteiger charge is -2.28. The summed E-state index contributed by atoms with van der Waals surface area (Å²) >= 11 is 0. The van der Waals surface area contributed by atoms with Crippen molar-refractivity contribution in [3.8, 4) is 0 Å². The van der Waals surface area contributed by atoms with Gasteiger partial charge in [0.2, 0.25) is 0 Å². The number of nitrogens with zero attached hydrogens (tertiary/aromatic N) is 1. The van der Waals surface area contributed by atoms with Gasteiger partial charge in [0.15, 0.2) is 5.78 Å². The van der Waals surface area contributed by atoms with E-state index in [2.05, 4.69) is 0 Å². The number of likely N-dealkylation sites (tertiary alicyclic amines) is 1. The van der Waals surface area contributed by atoms with Gasteiger partial charge in [0, 0.05) is 12.3 Å². The monoisotopic (exact) mass is 271 g/mol. The molecule has 0 aliphatic carbocycles. The number of hydrogen-bond acceptors (Lipinski definition) is 4. The van der Waals surface area contributed by atoms with Gasteiger partial charge in [-0.3, -0.25) is 9.69 Å². The van der Waals surface area contributed by atoms with E-state index >= 15 is 0 Å². The second kappa shape index (κ2) is 5.12. The Balaban J connectivity index is 2.90. The number of ether oxygens (including phenoxy) is 1. The van der Waals surface area contributed by atoms with E-state index in [-0.39, 0.29) is 24.7 Å². The number of amides is 1. The van der Waals surface area contributed by atoms with Gasteiger partial charge in [-0.1, -0.05) is 13.8 Å². The van der Waals surface area contributed by atoms with Gasteiger partial charge in [-0.15, -0.1) is 0 Å². The van der Waals surface area contributed by atoms with Crippen LogP contribution in [-0.2, 0) is 9.53 Å². The Kier molecular flexibility index (Phi) is 4.30. The second-order valence-electron chi connectivity index (χ2n) is 6.88. The Morgan fingerprint density at radius 3 is 2.32 bits per heavy atom. The summed E-state index contributed by atoms with van der Waals surface area (Å²) in [4.78, 5) is 25.6. The number of rotatable bonds is 2. The molecule has 5 nitrogen and oxygen atoms in total. The molecule has 0 aromatic carbocycles. The zero-order valence-electron chi connectivity index (χ0n) is 12.7. The Bertz CT molecular complexity index is 368. The predicted molar refractivity (Wildman–Crippen MR) is 71.8 cm³/mol. The summed E-state index contributed by atoms with van der Waals surface area (Å²) in [6, 6.07) is -0.593. The van der Waals surface area contributed by atoms with Gasteiger partial charge in [-0.05, 0) is 27.7 Å². The standard InChI is InChI=1S/C14H25NO4/c1-9(2)11(16)10-7-14(6,18)8-15(10)12(17)19-13(3,4)5/h9-10,18H,7-8H2,1-6H3/t10-,14-/m0/s1. The molecule has 1 fully saturated rings. The molecule has 5 heteroatoms. The molecule has 1 aliphatic rings. The van der Waals surface area contributed by atoms with Crippen molar-refractivity contribution in [1.82, 2.24) is 4.90 Å². The molecule has 1 saturated heterocycles. The first-order chi connectivity index (χ1) is 8.43. The van der Waals surface area contributed by atoms with Crippen molar-refractivity contribution in [1.29, 1.82) is 0 Å². The normalized spacial score (nSPS) is 27.8. The van der Waals surface area contributed by atoms with Crippen LogP contribution in [-0.4, -0.2) is 45.7 Å². The third kappa shape index (κ3) is 4.20. The Morgan fingerprint density at radius 1 is 1.37 bits per heavy atom. The maximum Gasteiger partial charge on any atom is 0.411 e. The van der Waals surface area contributed by atoms with Crippen molar-refractivity contribution in [2.24, 2.45) is 5.92 Å². The fourth-order valence-electron chi connectivity index (χ4n) is 2.22. The Labute approximate surface area is 114 Å². The quantitative estimate of drug-likeness (QED) is 0.834. The summed E-state index contributed by atoms with van der Waals surface area (Å²) in [6.45, 7) is 10.7. The number of ketones is 1. The zero-order valence-corrected chi connectivity index (χ0v) is 12.7. The maximum atomic E-state index is 12.2. The summed E-state index contributed by atoms with van der Waals surface area (Å²) in [5.41, 5.74) is -1.65. The second-order valence-corrected chi connectivity index (χ2v) is 6.88. The van der Waals surface area contributed by atoms with Crippen molar-refractivity contribution in [3.63, 3.8) is 0 Å². The topological polar surface area (TPSA) is 66.8 Å². The van der Waals surface area contributed by atoms with E-state index in [0.29, 0.717) is 0 Å². The molecular formula is C14H25NO4. The summed E-state index contributed by atoms with van der Waals surface area (Å²) in [5, 5.41) is 10.1. The molecule has 0 radical (unpaired) electrons. The molecule has 2 atom stereocenters. The van der Waals surface area contributed by atoms with Gasteiger partial charge >= 0.3 is 6.09 Å². The van der Waals surface area contributed by atoms with E-state index in [0.717, 1.165) is 0 Å². The maximum absolute atomic E-state index is 12.2. The highest BCUT2D eigenvalue weighted by Crippen LogP contribution is 2.30. The molecule has 0 unspecified atom stereocenters. The lowest BCUT2D eigenvalue weighted by Crippen LogP contribution is -2.45. The number of Topliss-reactive ketones (excluding diaryl/α,β-unsaturated/α-hetero) is 1. The Hall–Kier alpha value is -1.10.